The fourth-order valence-electron chi connectivity index (χ4n) is 2.64. The van der Waals surface area contributed by atoms with Crippen molar-refractivity contribution in [1.29, 1.82) is 0 Å². The van der Waals surface area contributed by atoms with Gasteiger partial charge in [0.2, 0.25) is 5.91 Å². The summed E-state index contributed by atoms with van der Waals surface area (Å²) in [5.41, 5.74) is 5.17. The van der Waals surface area contributed by atoms with Crippen molar-refractivity contribution in [2.24, 2.45) is 0 Å². The van der Waals surface area contributed by atoms with Crippen LogP contribution in [0.2, 0.25) is 5.02 Å². The number of carbonyl (C=O) groups excluding carboxylic acids is 2. The van der Waals surface area contributed by atoms with E-state index < -0.39 is 5.91 Å². The third kappa shape index (κ3) is 6.38. The van der Waals surface area contributed by atoms with E-state index in [2.05, 4.69) is 21.0 Å². The Hall–Kier alpha value is -3.24. The van der Waals surface area contributed by atoms with Crippen LogP contribution >= 0.6 is 23.4 Å². The van der Waals surface area contributed by atoms with E-state index in [9.17, 15) is 9.59 Å². The maximum Gasteiger partial charge on any atom is 0.269 e. The highest BCUT2D eigenvalue weighted by Gasteiger charge is 2.14. The Balaban J connectivity index is 1.48. The molecule has 0 saturated carbocycles. The van der Waals surface area contributed by atoms with Crippen LogP contribution in [0.25, 0.3) is 0 Å². The van der Waals surface area contributed by atoms with Crippen LogP contribution in [0.3, 0.4) is 0 Å². The van der Waals surface area contributed by atoms with Crippen LogP contribution in [0.15, 0.2) is 53.7 Å². The van der Waals surface area contributed by atoms with E-state index in [1.165, 1.54) is 11.8 Å². The molecule has 3 aromatic rings. The minimum Gasteiger partial charge on any atom is -0.497 e. The summed E-state index contributed by atoms with van der Waals surface area (Å²) in [5.74, 6) is 1.20. The molecule has 3 rings (SSSR count). The summed E-state index contributed by atoms with van der Waals surface area (Å²) in [6.07, 6.45) is 0. The molecule has 0 fully saturated rings. The SMILES string of the molecule is CCn1c(COc2ccc(Cl)cc2)nnc1SCC(=O)NNC(=O)c1ccc(OC)cc1. The molecule has 0 spiro atoms. The molecule has 0 unspecified atom stereocenters. The summed E-state index contributed by atoms with van der Waals surface area (Å²) in [7, 11) is 1.54. The summed E-state index contributed by atoms with van der Waals surface area (Å²) in [4.78, 5) is 24.3. The van der Waals surface area contributed by atoms with Gasteiger partial charge in [0.1, 0.15) is 18.1 Å². The van der Waals surface area contributed by atoms with Gasteiger partial charge in [-0.1, -0.05) is 23.4 Å². The molecule has 1 aromatic heterocycles. The standard InChI is InChI=1S/C21H22ClN5O4S/c1-3-27-18(12-31-17-10-6-15(22)7-11-17)23-26-21(27)32-13-19(28)24-25-20(29)14-4-8-16(30-2)9-5-14/h4-11H,3,12-13H2,1-2H3,(H,24,28)(H,25,29). The second-order valence-electron chi connectivity index (χ2n) is 6.41. The Labute approximate surface area is 194 Å². The first kappa shape index (κ1) is 23.4. The Morgan fingerprint density at radius 3 is 2.38 bits per heavy atom. The van der Waals surface area contributed by atoms with Gasteiger partial charge in [-0.2, -0.15) is 0 Å². The highest BCUT2D eigenvalue weighted by atomic mass is 35.5. The van der Waals surface area contributed by atoms with Gasteiger partial charge in [-0.05, 0) is 55.5 Å². The molecule has 0 bridgehead atoms. The van der Waals surface area contributed by atoms with E-state index in [4.69, 9.17) is 21.1 Å². The minimum atomic E-state index is -0.427. The molecule has 9 nitrogen and oxygen atoms in total. The smallest absolute Gasteiger partial charge is 0.269 e. The van der Waals surface area contributed by atoms with Crippen molar-refractivity contribution in [2.75, 3.05) is 12.9 Å². The summed E-state index contributed by atoms with van der Waals surface area (Å²) < 4.78 is 12.6. The lowest BCUT2D eigenvalue weighted by Gasteiger charge is -2.10. The number of aromatic nitrogens is 3. The number of benzene rings is 2. The Morgan fingerprint density at radius 2 is 1.72 bits per heavy atom. The number of thioether (sulfide) groups is 1. The third-order valence-corrected chi connectivity index (χ3v) is 5.51. The van der Waals surface area contributed by atoms with Gasteiger partial charge in [0, 0.05) is 17.1 Å². The molecule has 0 aliphatic carbocycles. The number of rotatable bonds is 9. The molecule has 0 atom stereocenters. The first-order chi connectivity index (χ1) is 15.5. The fraction of sp³-hybridized carbons (Fsp3) is 0.238. The minimum absolute atomic E-state index is 0.0546. The lowest BCUT2D eigenvalue weighted by atomic mass is 10.2. The quantitative estimate of drug-likeness (QED) is 0.361. The van der Waals surface area contributed by atoms with Gasteiger partial charge < -0.3 is 14.0 Å². The molecule has 11 heteroatoms. The normalized spacial score (nSPS) is 10.5. The van der Waals surface area contributed by atoms with Crippen LogP contribution in [0.5, 0.6) is 11.5 Å². The van der Waals surface area contributed by atoms with E-state index in [1.807, 2.05) is 11.5 Å². The van der Waals surface area contributed by atoms with Gasteiger partial charge in [0.05, 0.1) is 12.9 Å². The van der Waals surface area contributed by atoms with Crippen molar-refractivity contribution in [3.63, 3.8) is 0 Å². The van der Waals surface area contributed by atoms with E-state index in [1.54, 1.807) is 55.6 Å². The van der Waals surface area contributed by atoms with Gasteiger partial charge in [-0.15, -0.1) is 10.2 Å². The third-order valence-electron chi connectivity index (χ3n) is 4.29. The van der Waals surface area contributed by atoms with Gasteiger partial charge >= 0.3 is 0 Å². The number of halogens is 1. The lowest BCUT2D eigenvalue weighted by Crippen LogP contribution is -2.42. The van der Waals surface area contributed by atoms with Crippen LogP contribution in [0.4, 0.5) is 0 Å². The molecule has 0 radical (unpaired) electrons. The van der Waals surface area contributed by atoms with Crippen molar-refractivity contribution in [3.8, 4) is 11.5 Å². The van der Waals surface area contributed by atoms with Crippen LogP contribution in [-0.4, -0.2) is 39.4 Å². The largest absolute Gasteiger partial charge is 0.497 e. The molecule has 2 aromatic carbocycles. The van der Waals surface area contributed by atoms with Crippen molar-refractivity contribution >= 4 is 35.2 Å². The summed E-state index contributed by atoms with van der Waals surface area (Å²) in [5, 5.41) is 9.51. The van der Waals surface area contributed by atoms with Crippen molar-refractivity contribution in [2.45, 2.75) is 25.2 Å². The molecular formula is C21H22ClN5O4S. The predicted octanol–water partition coefficient (Wildman–Crippen LogP) is 3.09. The maximum absolute atomic E-state index is 12.1. The van der Waals surface area contributed by atoms with E-state index in [0.717, 1.165) is 0 Å². The highest BCUT2D eigenvalue weighted by Crippen LogP contribution is 2.20. The molecule has 2 amide bonds. The molecular weight excluding hydrogens is 454 g/mol. The number of nitrogens with one attached hydrogen (secondary N) is 2. The van der Waals surface area contributed by atoms with Gasteiger partial charge in [0.25, 0.3) is 5.91 Å². The van der Waals surface area contributed by atoms with Crippen molar-refractivity contribution in [3.05, 3.63) is 64.9 Å². The Morgan fingerprint density at radius 1 is 1.03 bits per heavy atom. The summed E-state index contributed by atoms with van der Waals surface area (Å²) >= 11 is 7.09. The number of hydrazine groups is 1. The lowest BCUT2D eigenvalue weighted by molar-refractivity contribution is -0.119. The van der Waals surface area contributed by atoms with Crippen LogP contribution in [0.1, 0.15) is 23.1 Å². The fourth-order valence-corrected chi connectivity index (χ4v) is 3.58. The van der Waals surface area contributed by atoms with Gasteiger partial charge in [0.15, 0.2) is 11.0 Å². The molecule has 2 N–H and O–H groups in total. The van der Waals surface area contributed by atoms with E-state index >= 15 is 0 Å². The number of ether oxygens (including phenoxy) is 2. The topological polar surface area (TPSA) is 107 Å². The summed E-state index contributed by atoms with van der Waals surface area (Å²) in [6, 6.07) is 13.6. The zero-order valence-electron chi connectivity index (χ0n) is 17.5. The van der Waals surface area contributed by atoms with Crippen LogP contribution < -0.4 is 20.3 Å². The molecule has 32 heavy (non-hydrogen) atoms. The first-order valence-corrected chi connectivity index (χ1v) is 11.0. The monoisotopic (exact) mass is 475 g/mol. The summed E-state index contributed by atoms with van der Waals surface area (Å²) in [6.45, 7) is 2.80. The van der Waals surface area contributed by atoms with E-state index in [0.29, 0.717) is 39.6 Å². The number of hydrogen-bond donors (Lipinski definition) is 2. The van der Waals surface area contributed by atoms with Crippen molar-refractivity contribution in [1.82, 2.24) is 25.6 Å². The zero-order valence-corrected chi connectivity index (χ0v) is 19.1. The van der Waals surface area contributed by atoms with Gasteiger partial charge in [-0.3, -0.25) is 20.4 Å². The Bertz CT molecular complexity index is 1060. The first-order valence-electron chi connectivity index (χ1n) is 9.66. The van der Waals surface area contributed by atoms with Gasteiger partial charge in [-0.25, -0.2) is 0 Å². The maximum atomic E-state index is 12.1. The average molecular weight is 476 g/mol. The Kier molecular flexibility index (Phi) is 8.34. The van der Waals surface area contributed by atoms with Crippen LogP contribution in [-0.2, 0) is 17.9 Å². The average Bonchev–Trinajstić information content (AvgIpc) is 3.22. The molecule has 168 valence electrons. The second kappa shape index (κ2) is 11.4. The molecule has 0 saturated heterocycles. The number of nitrogens with zero attached hydrogens (tertiary/aromatic N) is 3. The molecule has 1 heterocycles. The molecule has 0 aliphatic heterocycles. The molecule has 0 aliphatic rings. The second-order valence-corrected chi connectivity index (χ2v) is 7.78. The number of methoxy groups -OCH3 is 1. The van der Waals surface area contributed by atoms with E-state index in [-0.39, 0.29) is 18.3 Å². The van der Waals surface area contributed by atoms with Crippen LogP contribution in [0, 0.1) is 0 Å². The van der Waals surface area contributed by atoms with Crippen molar-refractivity contribution < 1.29 is 19.1 Å². The highest BCUT2D eigenvalue weighted by molar-refractivity contribution is 7.99. The number of carbonyl (C=O) groups is 2. The zero-order chi connectivity index (χ0) is 22.9. The predicted molar refractivity (Wildman–Crippen MR) is 121 cm³/mol. The number of amides is 2. The number of hydrogen-bond acceptors (Lipinski definition) is 7.